The first-order valence-corrected chi connectivity index (χ1v) is 4.65. The molecule has 2 nitrogen and oxygen atoms in total. The molecule has 3 heteroatoms. The van der Waals surface area contributed by atoms with E-state index in [2.05, 4.69) is 37.3 Å². The molecule has 1 N–H and O–H groups in total. The predicted octanol–water partition coefficient (Wildman–Crippen LogP) is 1.81. The molecular formula is C8H22ClNO. The van der Waals surface area contributed by atoms with Crippen LogP contribution in [0, 0.1) is 0 Å². The Kier molecular flexibility index (Phi) is 35.4. The minimum atomic E-state index is 1.00. The van der Waals surface area contributed by atoms with Gasteiger partial charge in [-0.1, -0.05) is 20.8 Å². The SMILES string of the molecule is CCN(CC)CC.CCl.CO. The number of alkyl halides is 1. The molecule has 0 bridgehead atoms. The summed E-state index contributed by atoms with van der Waals surface area (Å²) < 4.78 is 0. The Balaban J connectivity index is -0.000000138. The maximum atomic E-state index is 7.00. The first-order chi connectivity index (χ1) is 5.35. The Labute approximate surface area is 76.2 Å². The molecule has 0 amide bonds. The molecule has 0 rings (SSSR count). The molecule has 0 spiro atoms. The van der Waals surface area contributed by atoms with Crippen LogP contribution in [0.5, 0.6) is 0 Å². The lowest BCUT2D eigenvalue weighted by atomic mass is 10.5. The molecule has 0 heterocycles. The molecule has 0 aliphatic carbocycles. The number of aliphatic hydroxyl groups excluding tert-OH is 1. The number of nitrogens with zero attached hydrogens (tertiary/aromatic N) is 1. The topological polar surface area (TPSA) is 23.5 Å². The lowest BCUT2D eigenvalue weighted by Gasteiger charge is -2.13. The van der Waals surface area contributed by atoms with E-state index in [1.165, 1.54) is 26.0 Å². The van der Waals surface area contributed by atoms with E-state index in [4.69, 9.17) is 5.11 Å². The molecule has 72 valence electrons. The number of hydrogen-bond acceptors (Lipinski definition) is 2. The number of rotatable bonds is 3. The van der Waals surface area contributed by atoms with Crippen molar-refractivity contribution in [2.75, 3.05) is 33.1 Å². The lowest BCUT2D eigenvalue weighted by molar-refractivity contribution is 0.321. The minimum absolute atomic E-state index is 1.00. The summed E-state index contributed by atoms with van der Waals surface area (Å²) in [7, 11) is 1.00. The quantitative estimate of drug-likeness (QED) is 0.675. The Bertz CT molecular complexity index is 35.6. The number of hydrogen-bond donors (Lipinski definition) is 1. The smallest absolute Gasteiger partial charge is 0.0319 e. The summed E-state index contributed by atoms with van der Waals surface area (Å²) in [6.45, 7) is 10.1. The first kappa shape index (κ1) is 17.3. The van der Waals surface area contributed by atoms with Gasteiger partial charge >= 0.3 is 0 Å². The monoisotopic (exact) mass is 183 g/mol. The molecule has 0 aliphatic heterocycles. The second-order valence-corrected chi connectivity index (χ2v) is 1.62. The van der Waals surface area contributed by atoms with Gasteiger partial charge in [0.05, 0.1) is 0 Å². The van der Waals surface area contributed by atoms with Gasteiger partial charge < -0.3 is 10.0 Å². The van der Waals surface area contributed by atoms with Crippen molar-refractivity contribution in [2.45, 2.75) is 20.8 Å². The molecule has 0 saturated heterocycles. The molecule has 11 heavy (non-hydrogen) atoms. The van der Waals surface area contributed by atoms with E-state index in [-0.39, 0.29) is 0 Å². The molecule has 0 aromatic carbocycles. The molecule has 0 saturated carbocycles. The summed E-state index contributed by atoms with van der Waals surface area (Å²) >= 11 is 4.64. The molecule has 0 aliphatic rings. The Hall–Kier alpha value is 0.210. The highest BCUT2D eigenvalue weighted by atomic mass is 35.5. The van der Waals surface area contributed by atoms with Crippen molar-refractivity contribution >= 4 is 11.6 Å². The van der Waals surface area contributed by atoms with Crippen molar-refractivity contribution in [1.82, 2.24) is 4.90 Å². The van der Waals surface area contributed by atoms with Gasteiger partial charge in [0, 0.05) is 13.5 Å². The van der Waals surface area contributed by atoms with Gasteiger partial charge in [0.1, 0.15) is 0 Å². The highest BCUT2D eigenvalue weighted by molar-refractivity contribution is 6.15. The largest absolute Gasteiger partial charge is 0.400 e. The zero-order valence-corrected chi connectivity index (χ0v) is 9.15. The maximum Gasteiger partial charge on any atom is 0.0319 e. The molecule has 0 atom stereocenters. The van der Waals surface area contributed by atoms with Crippen LogP contribution in [0.2, 0.25) is 0 Å². The van der Waals surface area contributed by atoms with Crippen LogP contribution >= 0.6 is 11.6 Å². The van der Waals surface area contributed by atoms with Crippen molar-refractivity contribution in [3.05, 3.63) is 0 Å². The van der Waals surface area contributed by atoms with Gasteiger partial charge in [-0.3, -0.25) is 0 Å². The minimum Gasteiger partial charge on any atom is -0.400 e. The zero-order valence-electron chi connectivity index (χ0n) is 8.39. The van der Waals surface area contributed by atoms with Crippen LogP contribution in [0.3, 0.4) is 0 Å². The van der Waals surface area contributed by atoms with Crippen LogP contribution in [0.25, 0.3) is 0 Å². The highest BCUT2D eigenvalue weighted by Crippen LogP contribution is 1.81. The third kappa shape index (κ3) is 17.8. The Morgan fingerprint density at radius 1 is 0.909 bits per heavy atom. The predicted molar refractivity (Wildman–Crippen MR) is 53.4 cm³/mol. The van der Waals surface area contributed by atoms with Crippen molar-refractivity contribution in [1.29, 1.82) is 0 Å². The fraction of sp³-hybridized carbons (Fsp3) is 1.00. The summed E-state index contributed by atoms with van der Waals surface area (Å²) in [5.41, 5.74) is 0. The van der Waals surface area contributed by atoms with E-state index in [1.807, 2.05) is 0 Å². The third-order valence-corrected chi connectivity index (χ3v) is 1.34. The summed E-state index contributed by atoms with van der Waals surface area (Å²) in [5, 5.41) is 7.00. The van der Waals surface area contributed by atoms with Gasteiger partial charge in [0.15, 0.2) is 0 Å². The van der Waals surface area contributed by atoms with E-state index in [1.54, 1.807) is 0 Å². The number of halogens is 1. The maximum absolute atomic E-state index is 7.00. The Morgan fingerprint density at radius 2 is 1.09 bits per heavy atom. The van der Waals surface area contributed by atoms with Crippen LogP contribution < -0.4 is 0 Å². The summed E-state index contributed by atoms with van der Waals surface area (Å²) in [6, 6.07) is 0. The van der Waals surface area contributed by atoms with Gasteiger partial charge in [-0.05, 0) is 19.6 Å². The standard InChI is InChI=1S/C6H15N.CH3Cl.CH4O/c1-4-7(5-2)6-3;2*1-2/h4-6H2,1-3H3;1H3;2H,1H3. The molecule has 0 aromatic rings. The zero-order chi connectivity index (χ0) is 9.70. The first-order valence-electron chi connectivity index (χ1n) is 3.90. The van der Waals surface area contributed by atoms with Crippen molar-refractivity contribution in [3.63, 3.8) is 0 Å². The van der Waals surface area contributed by atoms with Gasteiger partial charge in [0.2, 0.25) is 0 Å². The second kappa shape index (κ2) is 22.5. The van der Waals surface area contributed by atoms with E-state index >= 15 is 0 Å². The van der Waals surface area contributed by atoms with Crippen molar-refractivity contribution < 1.29 is 5.11 Å². The van der Waals surface area contributed by atoms with Crippen molar-refractivity contribution in [2.24, 2.45) is 0 Å². The molecule has 0 radical (unpaired) electrons. The average molecular weight is 184 g/mol. The fourth-order valence-corrected chi connectivity index (χ4v) is 0.671. The molecule has 0 unspecified atom stereocenters. The Morgan fingerprint density at radius 3 is 1.09 bits per heavy atom. The number of aliphatic hydroxyl groups is 1. The molecule has 0 aromatic heterocycles. The van der Waals surface area contributed by atoms with E-state index in [0.717, 1.165) is 7.11 Å². The second-order valence-electron chi connectivity index (χ2n) is 1.62. The molecule has 0 fully saturated rings. The summed E-state index contributed by atoms with van der Waals surface area (Å²) in [5.74, 6) is 0. The van der Waals surface area contributed by atoms with Crippen LogP contribution in [-0.2, 0) is 0 Å². The van der Waals surface area contributed by atoms with E-state index in [0.29, 0.717) is 0 Å². The average Bonchev–Trinajstić information content (AvgIpc) is 2.14. The van der Waals surface area contributed by atoms with E-state index < -0.39 is 0 Å². The van der Waals surface area contributed by atoms with E-state index in [9.17, 15) is 0 Å². The fourth-order valence-electron chi connectivity index (χ4n) is 0.671. The van der Waals surface area contributed by atoms with Crippen LogP contribution in [-0.4, -0.2) is 43.1 Å². The van der Waals surface area contributed by atoms with Crippen LogP contribution in [0.4, 0.5) is 0 Å². The van der Waals surface area contributed by atoms with Crippen LogP contribution in [0.1, 0.15) is 20.8 Å². The molecular weight excluding hydrogens is 162 g/mol. The highest BCUT2D eigenvalue weighted by Gasteiger charge is 1.89. The van der Waals surface area contributed by atoms with Crippen molar-refractivity contribution in [3.8, 4) is 0 Å². The van der Waals surface area contributed by atoms with Crippen LogP contribution in [0.15, 0.2) is 0 Å². The summed E-state index contributed by atoms with van der Waals surface area (Å²) in [4.78, 5) is 2.38. The van der Waals surface area contributed by atoms with Gasteiger partial charge in [0.25, 0.3) is 0 Å². The normalized spacial score (nSPS) is 7.64. The van der Waals surface area contributed by atoms with Gasteiger partial charge in [-0.2, -0.15) is 0 Å². The third-order valence-electron chi connectivity index (χ3n) is 1.34. The van der Waals surface area contributed by atoms with Gasteiger partial charge in [-0.25, -0.2) is 0 Å². The lowest BCUT2D eigenvalue weighted by Crippen LogP contribution is -2.21. The summed E-state index contributed by atoms with van der Waals surface area (Å²) in [6.07, 6.45) is 1.47. The van der Waals surface area contributed by atoms with Gasteiger partial charge in [-0.15, -0.1) is 11.6 Å².